The number of rotatable bonds is 3. The summed E-state index contributed by atoms with van der Waals surface area (Å²) in [5.74, 6) is -1.70. The third-order valence-electron chi connectivity index (χ3n) is 4.13. The molecule has 0 aromatic heterocycles. The first-order valence-electron chi connectivity index (χ1n) is 6.85. The topological polar surface area (TPSA) is 41.1 Å². The number of amides is 1. The Labute approximate surface area is 107 Å². The fraction of sp³-hybridized carbons (Fsp3) is 0.923. The van der Waals surface area contributed by atoms with Crippen molar-refractivity contribution in [2.45, 2.75) is 51.0 Å². The summed E-state index contributed by atoms with van der Waals surface area (Å²) in [5, 5.41) is 5.39. The van der Waals surface area contributed by atoms with E-state index in [-0.39, 0.29) is 18.9 Å². The first-order valence-corrected chi connectivity index (χ1v) is 6.85. The van der Waals surface area contributed by atoms with Gasteiger partial charge in [-0.2, -0.15) is 0 Å². The second-order valence-corrected chi connectivity index (χ2v) is 5.86. The van der Waals surface area contributed by atoms with E-state index >= 15 is 0 Å². The van der Waals surface area contributed by atoms with Gasteiger partial charge in [0, 0.05) is 13.0 Å². The maximum atomic E-state index is 13.0. The van der Waals surface area contributed by atoms with Gasteiger partial charge in [0.25, 0.3) is 5.92 Å². The molecule has 1 heterocycles. The molecule has 0 spiro atoms. The van der Waals surface area contributed by atoms with Gasteiger partial charge in [-0.05, 0) is 24.7 Å². The molecular weight excluding hydrogens is 238 g/mol. The zero-order valence-electron chi connectivity index (χ0n) is 10.8. The van der Waals surface area contributed by atoms with Crippen molar-refractivity contribution in [3.8, 4) is 0 Å². The van der Waals surface area contributed by atoms with Gasteiger partial charge in [0.15, 0.2) is 0 Å². The van der Waals surface area contributed by atoms with E-state index in [1.165, 1.54) is 12.8 Å². The smallest absolute Gasteiger partial charge is 0.262 e. The number of alkyl halides is 2. The quantitative estimate of drug-likeness (QED) is 0.814. The van der Waals surface area contributed by atoms with E-state index in [2.05, 4.69) is 17.6 Å². The molecule has 18 heavy (non-hydrogen) atoms. The van der Waals surface area contributed by atoms with Gasteiger partial charge in [0.2, 0.25) is 5.91 Å². The molecule has 1 aliphatic carbocycles. The van der Waals surface area contributed by atoms with Crippen LogP contribution in [0.15, 0.2) is 0 Å². The van der Waals surface area contributed by atoms with E-state index in [1.54, 1.807) is 0 Å². The monoisotopic (exact) mass is 260 g/mol. The van der Waals surface area contributed by atoms with Gasteiger partial charge in [-0.3, -0.25) is 10.1 Å². The third kappa shape index (κ3) is 3.64. The summed E-state index contributed by atoms with van der Waals surface area (Å²) in [6, 6.07) is -0.720. The summed E-state index contributed by atoms with van der Waals surface area (Å²) in [6.07, 6.45) is 4.31. The standard InChI is InChI=1S/C13H22F2N2O/c1-9-2-4-10(5-3-9)7-16-12(18)11-6-13(14,15)8-17-11/h9-11,17H,2-8H2,1H3,(H,16,18). The van der Waals surface area contributed by atoms with Crippen molar-refractivity contribution >= 4 is 5.91 Å². The van der Waals surface area contributed by atoms with Crippen LogP contribution in [0.5, 0.6) is 0 Å². The molecule has 1 unspecified atom stereocenters. The van der Waals surface area contributed by atoms with Crippen LogP contribution in [0.1, 0.15) is 39.0 Å². The van der Waals surface area contributed by atoms with Crippen LogP contribution in [0.25, 0.3) is 0 Å². The molecule has 2 N–H and O–H groups in total. The molecule has 1 aliphatic heterocycles. The predicted octanol–water partition coefficient (Wildman–Crippen LogP) is 1.93. The Morgan fingerprint density at radius 1 is 1.33 bits per heavy atom. The first-order chi connectivity index (χ1) is 8.46. The van der Waals surface area contributed by atoms with Crippen LogP contribution in [0.4, 0.5) is 8.78 Å². The molecule has 2 aliphatic rings. The van der Waals surface area contributed by atoms with E-state index in [0.717, 1.165) is 18.8 Å². The molecule has 0 bridgehead atoms. The normalized spacial score (nSPS) is 35.4. The molecule has 5 heteroatoms. The average Bonchev–Trinajstić information content (AvgIpc) is 2.69. The van der Waals surface area contributed by atoms with Gasteiger partial charge < -0.3 is 5.32 Å². The summed E-state index contributed by atoms with van der Waals surface area (Å²) < 4.78 is 25.9. The van der Waals surface area contributed by atoms with Crippen LogP contribution in [0.2, 0.25) is 0 Å². The van der Waals surface area contributed by atoms with Gasteiger partial charge >= 0.3 is 0 Å². The first kappa shape index (κ1) is 13.7. The highest BCUT2D eigenvalue weighted by Crippen LogP contribution is 2.28. The summed E-state index contributed by atoms with van der Waals surface area (Å²) in [6.45, 7) is 2.50. The van der Waals surface area contributed by atoms with Crippen LogP contribution in [0.3, 0.4) is 0 Å². The molecule has 104 valence electrons. The molecule has 0 aromatic carbocycles. The van der Waals surface area contributed by atoms with Crippen LogP contribution >= 0.6 is 0 Å². The largest absolute Gasteiger partial charge is 0.354 e. The van der Waals surface area contributed by atoms with E-state index < -0.39 is 12.0 Å². The van der Waals surface area contributed by atoms with Crippen LogP contribution in [-0.2, 0) is 4.79 Å². The van der Waals surface area contributed by atoms with E-state index in [1.807, 2.05) is 0 Å². The van der Waals surface area contributed by atoms with E-state index in [4.69, 9.17) is 0 Å². The van der Waals surface area contributed by atoms with Crippen molar-refractivity contribution in [1.82, 2.24) is 10.6 Å². The lowest BCUT2D eigenvalue weighted by Gasteiger charge is -2.26. The molecule has 1 atom stereocenters. The van der Waals surface area contributed by atoms with E-state index in [0.29, 0.717) is 12.5 Å². The molecule has 1 amide bonds. The molecule has 2 fully saturated rings. The second-order valence-electron chi connectivity index (χ2n) is 5.86. The summed E-state index contributed by atoms with van der Waals surface area (Å²) in [7, 11) is 0. The van der Waals surface area contributed by atoms with Crippen molar-refractivity contribution in [1.29, 1.82) is 0 Å². The Balaban J connectivity index is 1.69. The van der Waals surface area contributed by atoms with Crippen molar-refractivity contribution in [2.24, 2.45) is 11.8 Å². The lowest BCUT2D eigenvalue weighted by molar-refractivity contribution is -0.123. The summed E-state index contributed by atoms with van der Waals surface area (Å²) >= 11 is 0. The van der Waals surface area contributed by atoms with Crippen molar-refractivity contribution in [3.63, 3.8) is 0 Å². The molecule has 3 nitrogen and oxygen atoms in total. The molecule has 1 saturated heterocycles. The Morgan fingerprint density at radius 2 is 2.00 bits per heavy atom. The zero-order chi connectivity index (χ0) is 13.2. The van der Waals surface area contributed by atoms with Gasteiger partial charge in [0.1, 0.15) is 0 Å². The van der Waals surface area contributed by atoms with Crippen molar-refractivity contribution in [2.75, 3.05) is 13.1 Å². The van der Waals surface area contributed by atoms with Gasteiger partial charge in [0.05, 0.1) is 12.6 Å². The molecule has 0 aromatic rings. The Kier molecular flexibility index (Phi) is 4.20. The minimum atomic E-state index is -2.73. The highest BCUT2D eigenvalue weighted by Gasteiger charge is 2.42. The van der Waals surface area contributed by atoms with Crippen molar-refractivity contribution < 1.29 is 13.6 Å². The second kappa shape index (κ2) is 5.51. The summed E-state index contributed by atoms with van der Waals surface area (Å²) in [5.41, 5.74) is 0. The van der Waals surface area contributed by atoms with Gasteiger partial charge in [-0.25, -0.2) is 8.78 Å². The number of hydrogen-bond donors (Lipinski definition) is 2. The average molecular weight is 260 g/mol. The third-order valence-corrected chi connectivity index (χ3v) is 4.13. The molecule has 1 saturated carbocycles. The minimum Gasteiger partial charge on any atom is -0.354 e. The fourth-order valence-corrected chi connectivity index (χ4v) is 2.80. The highest BCUT2D eigenvalue weighted by atomic mass is 19.3. The zero-order valence-corrected chi connectivity index (χ0v) is 10.8. The maximum absolute atomic E-state index is 13.0. The lowest BCUT2D eigenvalue weighted by atomic mass is 9.83. The van der Waals surface area contributed by atoms with Gasteiger partial charge in [-0.1, -0.05) is 19.8 Å². The Hall–Kier alpha value is -0.710. The number of halogens is 2. The predicted molar refractivity (Wildman–Crippen MR) is 65.5 cm³/mol. The molecule has 0 radical (unpaired) electrons. The lowest BCUT2D eigenvalue weighted by Crippen LogP contribution is -2.42. The van der Waals surface area contributed by atoms with Crippen LogP contribution in [0, 0.1) is 11.8 Å². The number of nitrogens with one attached hydrogen (secondary N) is 2. The van der Waals surface area contributed by atoms with Gasteiger partial charge in [-0.15, -0.1) is 0 Å². The number of carbonyl (C=O) groups is 1. The van der Waals surface area contributed by atoms with E-state index in [9.17, 15) is 13.6 Å². The Bertz CT molecular complexity index is 301. The van der Waals surface area contributed by atoms with Crippen LogP contribution < -0.4 is 10.6 Å². The molecule has 2 rings (SSSR count). The van der Waals surface area contributed by atoms with Crippen LogP contribution in [-0.4, -0.2) is 31.0 Å². The van der Waals surface area contributed by atoms with Crippen molar-refractivity contribution in [3.05, 3.63) is 0 Å². The minimum absolute atomic E-state index is 0.272. The SMILES string of the molecule is CC1CCC(CNC(=O)C2CC(F)(F)CN2)CC1. The fourth-order valence-electron chi connectivity index (χ4n) is 2.80. The number of hydrogen-bond acceptors (Lipinski definition) is 2. The number of carbonyl (C=O) groups excluding carboxylic acids is 1. The summed E-state index contributed by atoms with van der Waals surface area (Å²) in [4.78, 5) is 11.7. The molecular formula is C13H22F2N2O. The Morgan fingerprint density at radius 3 is 2.56 bits per heavy atom. The highest BCUT2D eigenvalue weighted by molar-refractivity contribution is 5.82. The maximum Gasteiger partial charge on any atom is 0.262 e.